The van der Waals surface area contributed by atoms with Crippen LogP contribution in [0.2, 0.25) is 0 Å². The Morgan fingerprint density at radius 3 is 2.31 bits per heavy atom. The first-order valence-corrected chi connectivity index (χ1v) is 6.07. The van der Waals surface area contributed by atoms with E-state index in [1.165, 1.54) is 0 Å². The fourth-order valence-corrected chi connectivity index (χ4v) is 3.01. The first kappa shape index (κ1) is 12.3. The van der Waals surface area contributed by atoms with E-state index in [2.05, 4.69) is 0 Å². The smallest absolute Gasteiger partial charge is 0.152 e. The van der Waals surface area contributed by atoms with Crippen LogP contribution in [0.3, 0.4) is 0 Å². The van der Waals surface area contributed by atoms with Crippen LogP contribution in [0.5, 0.6) is 0 Å². The summed E-state index contributed by atoms with van der Waals surface area (Å²) in [6.07, 6.45) is 3.52. The molecular formula is C12H11Cl3O. The van der Waals surface area contributed by atoms with Crippen molar-refractivity contribution < 1.29 is 5.11 Å². The molecule has 0 saturated carbocycles. The van der Waals surface area contributed by atoms with E-state index in [9.17, 15) is 5.11 Å². The Balaban J connectivity index is 2.36. The molecule has 0 heterocycles. The van der Waals surface area contributed by atoms with E-state index in [0.29, 0.717) is 0 Å². The van der Waals surface area contributed by atoms with Crippen molar-refractivity contribution in [2.75, 3.05) is 0 Å². The summed E-state index contributed by atoms with van der Waals surface area (Å²) in [4.78, 5) is 0. The first-order chi connectivity index (χ1) is 7.41. The molecule has 2 rings (SSSR count). The van der Waals surface area contributed by atoms with Gasteiger partial charge in [0.2, 0.25) is 0 Å². The normalized spacial score (nSPS) is 32.6. The summed E-state index contributed by atoms with van der Waals surface area (Å²) in [6, 6.07) is 9.55. The molecule has 0 aromatic heterocycles. The summed E-state index contributed by atoms with van der Waals surface area (Å²) < 4.78 is -1.10. The molecule has 1 N–H and O–H groups in total. The molecule has 2 unspecified atom stereocenters. The number of allylic oxidation sites excluding steroid dienone is 1. The summed E-state index contributed by atoms with van der Waals surface area (Å²) in [5, 5.41) is 8.72. The Kier molecular flexibility index (Phi) is 3.24. The van der Waals surface area contributed by atoms with Crippen LogP contribution in [0.25, 0.3) is 0 Å². The van der Waals surface area contributed by atoms with Crippen LogP contribution in [0.15, 0.2) is 42.5 Å². The highest BCUT2D eigenvalue weighted by molar-refractivity contribution is 6.50. The first-order valence-electron chi connectivity index (χ1n) is 4.94. The van der Waals surface area contributed by atoms with E-state index < -0.39 is 9.39 Å². The van der Waals surface area contributed by atoms with Gasteiger partial charge < -0.3 is 5.11 Å². The molecule has 16 heavy (non-hydrogen) atoms. The lowest BCUT2D eigenvalue weighted by molar-refractivity contribution is 0.0972. The molecule has 0 saturated heterocycles. The topological polar surface area (TPSA) is 20.2 Å². The molecular weight excluding hydrogens is 266 g/mol. The van der Waals surface area contributed by atoms with Crippen LogP contribution in [0.4, 0.5) is 0 Å². The fraction of sp³-hybridized carbons (Fsp3) is 0.333. The Bertz CT molecular complexity index is 398. The van der Waals surface area contributed by atoms with Crippen LogP contribution in [-0.2, 0) is 0 Å². The van der Waals surface area contributed by atoms with Crippen molar-refractivity contribution in [2.45, 2.75) is 21.7 Å². The molecule has 0 amide bonds. The van der Waals surface area contributed by atoms with E-state index in [0.717, 1.165) is 5.56 Å². The van der Waals surface area contributed by atoms with Gasteiger partial charge in [-0.25, -0.2) is 0 Å². The minimum Gasteiger partial charge on any atom is -0.374 e. The number of aliphatic hydroxyl groups is 1. The maximum Gasteiger partial charge on any atom is 0.152 e. The van der Waals surface area contributed by atoms with Crippen LogP contribution < -0.4 is 0 Å². The molecule has 0 spiro atoms. The maximum atomic E-state index is 10.2. The average Bonchev–Trinajstić information content (AvgIpc) is 2.16. The van der Waals surface area contributed by atoms with Crippen LogP contribution in [0, 0.1) is 0 Å². The number of rotatable bonds is 1. The molecule has 1 aromatic carbocycles. The third kappa shape index (κ3) is 2.54. The molecule has 0 fully saturated rings. The zero-order chi connectivity index (χ0) is 11.8. The van der Waals surface area contributed by atoms with E-state index >= 15 is 0 Å². The third-order valence-electron chi connectivity index (χ3n) is 2.65. The van der Waals surface area contributed by atoms with E-state index in [1.54, 1.807) is 12.2 Å². The zero-order valence-electron chi connectivity index (χ0n) is 8.41. The predicted molar refractivity (Wildman–Crippen MR) is 68.2 cm³/mol. The highest BCUT2D eigenvalue weighted by Crippen LogP contribution is 2.47. The SMILES string of the molecule is OC1(Cl)CC(Cl)(Cl)C=CC1c1ccccc1. The minimum absolute atomic E-state index is 0.0979. The quantitative estimate of drug-likeness (QED) is 0.611. The third-order valence-corrected chi connectivity index (χ3v) is 3.54. The van der Waals surface area contributed by atoms with Gasteiger partial charge in [0, 0.05) is 12.3 Å². The van der Waals surface area contributed by atoms with Gasteiger partial charge in [-0.1, -0.05) is 77.3 Å². The molecule has 2 atom stereocenters. The van der Waals surface area contributed by atoms with Gasteiger partial charge in [0.25, 0.3) is 0 Å². The maximum absolute atomic E-state index is 10.2. The summed E-state index contributed by atoms with van der Waals surface area (Å²) in [6.45, 7) is 0. The summed E-state index contributed by atoms with van der Waals surface area (Å²) in [5.41, 5.74) is 0.945. The highest BCUT2D eigenvalue weighted by Gasteiger charge is 2.44. The van der Waals surface area contributed by atoms with Gasteiger partial charge >= 0.3 is 0 Å². The second-order valence-corrected chi connectivity index (χ2v) is 6.20. The Labute approximate surface area is 110 Å². The predicted octanol–water partition coefficient (Wildman–Crippen LogP) is 3.83. The molecule has 1 aromatic rings. The second-order valence-electron chi connectivity index (χ2n) is 4.00. The van der Waals surface area contributed by atoms with E-state index in [4.69, 9.17) is 34.8 Å². The fourth-order valence-electron chi connectivity index (χ4n) is 1.91. The number of alkyl halides is 3. The highest BCUT2D eigenvalue weighted by atomic mass is 35.5. The number of hydrogen-bond acceptors (Lipinski definition) is 1. The molecule has 86 valence electrons. The van der Waals surface area contributed by atoms with Gasteiger partial charge in [0.15, 0.2) is 5.06 Å². The van der Waals surface area contributed by atoms with Crippen molar-refractivity contribution in [1.29, 1.82) is 0 Å². The van der Waals surface area contributed by atoms with Gasteiger partial charge in [-0.2, -0.15) is 0 Å². The summed E-state index contributed by atoms with van der Waals surface area (Å²) >= 11 is 18.0. The number of halogens is 3. The molecule has 1 nitrogen and oxygen atoms in total. The van der Waals surface area contributed by atoms with Gasteiger partial charge in [-0.05, 0) is 5.56 Å². The molecule has 0 radical (unpaired) electrons. The Morgan fingerprint density at radius 2 is 1.75 bits per heavy atom. The molecule has 0 bridgehead atoms. The van der Waals surface area contributed by atoms with Crippen LogP contribution >= 0.6 is 34.8 Å². The van der Waals surface area contributed by atoms with Gasteiger partial charge in [0.05, 0.1) is 0 Å². The Morgan fingerprint density at radius 1 is 1.12 bits per heavy atom. The molecule has 1 aliphatic rings. The molecule has 1 aliphatic carbocycles. The standard InChI is InChI=1S/C12H11Cl3O/c13-11(14)7-6-10(12(15,16)8-11)9-4-2-1-3-5-9/h1-7,10,16H,8H2. The van der Waals surface area contributed by atoms with E-state index in [1.807, 2.05) is 30.3 Å². The van der Waals surface area contributed by atoms with Crippen molar-refractivity contribution in [3.05, 3.63) is 48.0 Å². The van der Waals surface area contributed by atoms with Gasteiger partial charge in [-0.15, -0.1) is 0 Å². The second kappa shape index (κ2) is 4.23. The minimum atomic E-state index is -1.44. The summed E-state index contributed by atoms with van der Waals surface area (Å²) in [5.74, 6) is -0.291. The average molecular weight is 278 g/mol. The van der Waals surface area contributed by atoms with Crippen molar-refractivity contribution in [1.82, 2.24) is 0 Å². The molecule has 0 aliphatic heterocycles. The Hall–Kier alpha value is -0.210. The van der Waals surface area contributed by atoms with E-state index in [-0.39, 0.29) is 12.3 Å². The van der Waals surface area contributed by atoms with Gasteiger partial charge in [-0.3, -0.25) is 0 Å². The monoisotopic (exact) mass is 276 g/mol. The molecule has 4 heteroatoms. The lowest BCUT2D eigenvalue weighted by Gasteiger charge is -2.36. The lowest BCUT2D eigenvalue weighted by atomic mass is 9.86. The number of hydrogen-bond donors (Lipinski definition) is 1. The van der Waals surface area contributed by atoms with Crippen molar-refractivity contribution in [3.63, 3.8) is 0 Å². The van der Waals surface area contributed by atoms with Crippen LogP contribution in [-0.4, -0.2) is 14.5 Å². The lowest BCUT2D eigenvalue weighted by Crippen LogP contribution is -2.38. The number of benzene rings is 1. The largest absolute Gasteiger partial charge is 0.374 e. The van der Waals surface area contributed by atoms with Crippen molar-refractivity contribution in [3.8, 4) is 0 Å². The van der Waals surface area contributed by atoms with Crippen molar-refractivity contribution >= 4 is 34.8 Å². The zero-order valence-corrected chi connectivity index (χ0v) is 10.7. The van der Waals surface area contributed by atoms with Crippen molar-refractivity contribution in [2.24, 2.45) is 0 Å². The van der Waals surface area contributed by atoms with Crippen LogP contribution in [0.1, 0.15) is 17.9 Å². The summed E-state index contributed by atoms with van der Waals surface area (Å²) in [7, 11) is 0. The van der Waals surface area contributed by atoms with Gasteiger partial charge in [0.1, 0.15) is 4.33 Å².